The van der Waals surface area contributed by atoms with Crippen LogP contribution in [0.15, 0.2) is 54.7 Å². The molecule has 0 saturated carbocycles. The van der Waals surface area contributed by atoms with Gasteiger partial charge in [-0.2, -0.15) is 0 Å². The Kier molecular flexibility index (Phi) is 5.88. The van der Waals surface area contributed by atoms with Gasteiger partial charge in [0.25, 0.3) is 0 Å². The first-order chi connectivity index (χ1) is 13.5. The van der Waals surface area contributed by atoms with Crippen LogP contribution in [0.1, 0.15) is 23.6 Å². The maximum absolute atomic E-state index is 12.6. The van der Waals surface area contributed by atoms with E-state index in [-0.39, 0.29) is 19.6 Å². The maximum atomic E-state index is 12.6. The van der Waals surface area contributed by atoms with Crippen molar-refractivity contribution in [2.24, 2.45) is 5.92 Å². The second-order valence-electron chi connectivity index (χ2n) is 6.60. The normalized spacial score (nSPS) is 21.3. The zero-order valence-corrected chi connectivity index (χ0v) is 15.0. The highest BCUT2D eigenvalue weighted by Gasteiger charge is 2.50. The first-order valence-electron chi connectivity index (χ1n) is 8.80. The molecule has 1 saturated heterocycles. The molecule has 8 nitrogen and oxygen atoms in total. The number of aliphatic carboxylic acids is 2. The first-order valence-corrected chi connectivity index (χ1v) is 8.80. The molecule has 1 amide bonds. The van der Waals surface area contributed by atoms with Gasteiger partial charge in [0, 0.05) is 30.3 Å². The van der Waals surface area contributed by atoms with Crippen molar-refractivity contribution in [3.63, 3.8) is 0 Å². The van der Waals surface area contributed by atoms with Crippen LogP contribution in [0.2, 0.25) is 0 Å². The fraction of sp³-hybridized carbons (Fsp3) is 0.300. The number of aromatic nitrogens is 1. The van der Waals surface area contributed by atoms with Gasteiger partial charge in [0.15, 0.2) is 0 Å². The number of nitrogens with zero attached hydrogens (tertiary/aromatic N) is 2. The van der Waals surface area contributed by atoms with Crippen molar-refractivity contribution in [2.75, 3.05) is 6.54 Å². The van der Waals surface area contributed by atoms with Crippen LogP contribution < -0.4 is 0 Å². The van der Waals surface area contributed by atoms with E-state index >= 15 is 0 Å². The summed E-state index contributed by atoms with van der Waals surface area (Å²) in [7, 11) is 0. The Hall–Kier alpha value is -3.42. The summed E-state index contributed by atoms with van der Waals surface area (Å²) in [5, 5.41) is 19.0. The van der Waals surface area contributed by atoms with Crippen LogP contribution in [0.25, 0.3) is 0 Å². The topological polar surface area (TPSA) is 117 Å². The minimum absolute atomic E-state index is 0.000360. The summed E-state index contributed by atoms with van der Waals surface area (Å²) in [6.45, 7) is 0.0277. The van der Waals surface area contributed by atoms with E-state index in [0.29, 0.717) is 5.69 Å². The lowest BCUT2D eigenvalue weighted by molar-refractivity contribution is -0.144. The SMILES string of the molecule is O=C(O)C[C@H]1[C@@H](c2ccccn2)CN(C(=O)OCc2ccccc2)[C@H]1C(=O)O. The molecule has 2 N–H and O–H groups in total. The summed E-state index contributed by atoms with van der Waals surface area (Å²) < 4.78 is 5.29. The number of carbonyl (C=O) groups is 3. The lowest BCUT2D eigenvalue weighted by Gasteiger charge is -2.23. The largest absolute Gasteiger partial charge is 0.481 e. The molecule has 2 aromatic rings. The second-order valence-corrected chi connectivity index (χ2v) is 6.60. The molecule has 0 radical (unpaired) electrons. The molecule has 3 atom stereocenters. The van der Waals surface area contributed by atoms with E-state index in [4.69, 9.17) is 4.74 Å². The van der Waals surface area contributed by atoms with Gasteiger partial charge in [-0.25, -0.2) is 9.59 Å². The highest BCUT2D eigenvalue weighted by Crippen LogP contribution is 2.39. The van der Waals surface area contributed by atoms with E-state index in [1.54, 1.807) is 48.7 Å². The highest BCUT2D eigenvalue weighted by atomic mass is 16.6. The minimum Gasteiger partial charge on any atom is -0.481 e. The Balaban J connectivity index is 1.83. The van der Waals surface area contributed by atoms with Crippen LogP contribution in [0.4, 0.5) is 4.79 Å². The lowest BCUT2D eigenvalue weighted by atomic mass is 9.85. The van der Waals surface area contributed by atoms with E-state index in [2.05, 4.69) is 4.98 Å². The summed E-state index contributed by atoms with van der Waals surface area (Å²) in [6.07, 6.45) is 0.380. The predicted molar refractivity (Wildman–Crippen MR) is 97.5 cm³/mol. The van der Waals surface area contributed by atoms with Gasteiger partial charge in [-0.15, -0.1) is 0 Å². The summed E-state index contributed by atoms with van der Waals surface area (Å²) in [4.78, 5) is 41.2. The van der Waals surface area contributed by atoms with E-state index in [1.165, 1.54) is 0 Å². The molecule has 1 aliphatic rings. The molecule has 8 heteroatoms. The number of ether oxygens (including phenoxy) is 1. The molecule has 0 bridgehead atoms. The molecular weight excluding hydrogens is 364 g/mol. The van der Waals surface area contributed by atoms with Crippen molar-refractivity contribution in [2.45, 2.75) is 25.0 Å². The van der Waals surface area contributed by atoms with Gasteiger partial charge in [-0.3, -0.25) is 14.7 Å². The zero-order valence-electron chi connectivity index (χ0n) is 15.0. The maximum Gasteiger partial charge on any atom is 0.410 e. The average molecular weight is 384 g/mol. The molecule has 0 unspecified atom stereocenters. The molecule has 146 valence electrons. The van der Waals surface area contributed by atoms with Gasteiger partial charge in [0.05, 0.1) is 6.42 Å². The molecule has 1 aromatic carbocycles. The fourth-order valence-electron chi connectivity index (χ4n) is 3.58. The summed E-state index contributed by atoms with van der Waals surface area (Å²) >= 11 is 0. The number of likely N-dealkylation sites (tertiary alicyclic amines) is 1. The zero-order chi connectivity index (χ0) is 20.1. The number of hydrogen-bond donors (Lipinski definition) is 2. The minimum atomic E-state index is -1.30. The van der Waals surface area contributed by atoms with Gasteiger partial charge in [-0.05, 0) is 17.7 Å². The van der Waals surface area contributed by atoms with Crippen molar-refractivity contribution in [1.29, 1.82) is 0 Å². The van der Waals surface area contributed by atoms with E-state index in [1.807, 2.05) is 6.07 Å². The summed E-state index contributed by atoms with van der Waals surface area (Å²) in [5.74, 6) is -3.71. The Morgan fingerprint density at radius 3 is 2.39 bits per heavy atom. The molecular formula is C20H20N2O6. The van der Waals surface area contributed by atoms with E-state index in [9.17, 15) is 24.6 Å². The summed E-state index contributed by atoms with van der Waals surface area (Å²) in [6, 6.07) is 12.9. The van der Waals surface area contributed by atoms with Crippen LogP contribution in [0.3, 0.4) is 0 Å². The fourth-order valence-corrected chi connectivity index (χ4v) is 3.58. The molecule has 1 fully saturated rings. The third-order valence-electron chi connectivity index (χ3n) is 4.82. The van der Waals surface area contributed by atoms with Gasteiger partial charge in [0.2, 0.25) is 0 Å². The number of rotatable bonds is 6. The second kappa shape index (κ2) is 8.51. The Bertz CT molecular complexity index is 842. The Morgan fingerprint density at radius 1 is 1.07 bits per heavy atom. The number of carboxylic acid groups (broad SMARTS) is 2. The number of benzene rings is 1. The smallest absolute Gasteiger partial charge is 0.410 e. The molecule has 0 spiro atoms. The van der Waals surface area contributed by atoms with Crippen LogP contribution in [0, 0.1) is 5.92 Å². The Labute approximate surface area is 161 Å². The van der Waals surface area contributed by atoms with Crippen LogP contribution in [0.5, 0.6) is 0 Å². The number of carboxylic acids is 2. The van der Waals surface area contributed by atoms with Crippen molar-refractivity contribution in [3.05, 3.63) is 66.0 Å². The number of amides is 1. The number of carbonyl (C=O) groups excluding carboxylic acids is 1. The van der Waals surface area contributed by atoms with Crippen LogP contribution in [-0.2, 0) is 20.9 Å². The van der Waals surface area contributed by atoms with Gasteiger partial charge in [0.1, 0.15) is 12.6 Å². The van der Waals surface area contributed by atoms with Gasteiger partial charge in [-0.1, -0.05) is 36.4 Å². The molecule has 1 aromatic heterocycles. The molecule has 0 aliphatic carbocycles. The van der Waals surface area contributed by atoms with Gasteiger partial charge >= 0.3 is 18.0 Å². The number of pyridine rings is 1. The summed E-state index contributed by atoms with van der Waals surface area (Å²) in [5.41, 5.74) is 1.32. The average Bonchev–Trinajstić information content (AvgIpc) is 3.06. The number of hydrogen-bond acceptors (Lipinski definition) is 5. The van der Waals surface area contributed by atoms with Crippen LogP contribution >= 0.6 is 0 Å². The monoisotopic (exact) mass is 384 g/mol. The molecule has 1 aliphatic heterocycles. The van der Waals surface area contributed by atoms with Gasteiger partial charge < -0.3 is 14.9 Å². The standard InChI is InChI=1S/C20H20N2O6/c23-17(24)10-14-15(16-8-4-5-9-21-16)11-22(18(14)19(25)26)20(27)28-12-13-6-2-1-3-7-13/h1-9,14-15,18H,10-12H2,(H,23,24)(H,25,26)/t14-,15-,18+/m0/s1. The third kappa shape index (κ3) is 4.28. The molecule has 3 rings (SSSR count). The van der Waals surface area contributed by atoms with E-state index < -0.39 is 35.9 Å². The van der Waals surface area contributed by atoms with Crippen LogP contribution in [-0.4, -0.2) is 50.7 Å². The predicted octanol–water partition coefficient (Wildman–Crippen LogP) is 2.36. The first kappa shape index (κ1) is 19.3. The highest BCUT2D eigenvalue weighted by molar-refractivity contribution is 5.82. The Morgan fingerprint density at radius 2 is 1.79 bits per heavy atom. The van der Waals surface area contributed by atoms with Crippen molar-refractivity contribution in [3.8, 4) is 0 Å². The van der Waals surface area contributed by atoms with Crippen molar-refractivity contribution < 1.29 is 29.3 Å². The van der Waals surface area contributed by atoms with Crippen molar-refractivity contribution >= 4 is 18.0 Å². The molecule has 2 heterocycles. The lowest BCUT2D eigenvalue weighted by Crippen LogP contribution is -2.44. The van der Waals surface area contributed by atoms with Crippen molar-refractivity contribution in [1.82, 2.24) is 9.88 Å². The molecule has 28 heavy (non-hydrogen) atoms. The van der Waals surface area contributed by atoms with E-state index in [0.717, 1.165) is 10.5 Å². The quantitative estimate of drug-likeness (QED) is 0.785. The third-order valence-corrected chi connectivity index (χ3v) is 4.82.